The van der Waals surface area contributed by atoms with E-state index in [1.165, 1.54) is 244 Å². The molecule has 292 valence electrons. The van der Waals surface area contributed by atoms with Crippen LogP contribution in [0.1, 0.15) is 277 Å². The normalized spacial score (nSPS) is 11.6. The van der Waals surface area contributed by atoms with E-state index >= 15 is 0 Å². The molecule has 0 N–H and O–H groups in total. The molecule has 0 aromatic heterocycles. The molecule has 0 aliphatic heterocycles. The summed E-state index contributed by atoms with van der Waals surface area (Å²) in [6.07, 6.45) is 60.5. The van der Waals surface area contributed by atoms with Crippen LogP contribution in [0.15, 0.2) is 12.2 Å². The Morgan fingerprint density at radius 2 is 0.571 bits per heavy atom. The fourth-order valence-electron chi connectivity index (χ4n) is 7.19. The Morgan fingerprint density at radius 1 is 0.327 bits per heavy atom. The summed E-state index contributed by atoms with van der Waals surface area (Å²) in [6.45, 7) is 5.20. The molecule has 0 rings (SSSR count). The highest BCUT2D eigenvalue weighted by Gasteiger charge is 2.03. The van der Waals surface area contributed by atoms with Crippen molar-refractivity contribution in [2.24, 2.45) is 0 Å². The minimum Gasteiger partial charge on any atom is -0.466 e. The third kappa shape index (κ3) is 45.2. The van der Waals surface area contributed by atoms with Gasteiger partial charge in [-0.15, -0.1) is 0 Å². The van der Waals surface area contributed by atoms with Crippen LogP contribution in [0.25, 0.3) is 0 Å². The summed E-state index contributed by atoms with van der Waals surface area (Å²) in [5.74, 6) is 0.0243. The molecule has 0 heterocycles. The van der Waals surface area contributed by atoms with Gasteiger partial charge in [-0.25, -0.2) is 0 Å². The molecule has 0 saturated heterocycles. The molecule has 0 amide bonds. The van der Waals surface area contributed by atoms with E-state index in [0.717, 1.165) is 12.8 Å². The van der Waals surface area contributed by atoms with Gasteiger partial charge in [0.2, 0.25) is 0 Å². The summed E-state index contributed by atoms with van der Waals surface area (Å²) < 4.78 is 5.46. The van der Waals surface area contributed by atoms with Gasteiger partial charge in [-0.3, -0.25) is 4.79 Å². The largest absolute Gasteiger partial charge is 0.466 e. The van der Waals surface area contributed by atoms with Crippen LogP contribution in [-0.2, 0) is 9.53 Å². The van der Waals surface area contributed by atoms with Crippen LogP contribution >= 0.6 is 0 Å². The van der Waals surface area contributed by atoms with Crippen molar-refractivity contribution in [1.82, 2.24) is 0 Å². The van der Waals surface area contributed by atoms with Gasteiger partial charge in [-0.1, -0.05) is 244 Å². The van der Waals surface area contributed by atoms with Gasteiger partial charge in [0.05, 0.1) is 6.61 Å². The number of rotatable bonds is 43. The van der Waals surface area contributed by atoms with Crippen molar-refractivity contribution in [3.05, 3.63) is 12.2 Å². The van der Waals surface area contributed by atoms with E-state index in [9.17, 15) is 4.79 Å². The summed E-state index contributed by atoms with van der Waals surface area (Å²) in [6, 6.07) is 0. The molecule has 2 nitrogen and oxygen atoms in total. The van der Waals surface area contributed by atoms with Crippen LogP contribution in [0, 0.1) is 0 Å². The highest BCUT2D eigenvalue weighted by Crippen LogP contribution is 2.17. The van der Waals surface area contributed by atoms with E-state index in [0.29, 0.717) is 13.0 Å². The van der Waals surface area contributed by atoms with Crippen molar-refractivity contribution in [3.8, 4) is 0 Å². The van der Waals surface area contributed by atoms with E-state index in [2.05, 4.69) is 26.0 Å². The number of unbranched alkanes of at least 4 members (excludes halogenated alkanes) is 37. The zero-order chi connectivity index (χ0) is 35.4. The number of hydrogen-bond acceptors (Lipinski definition) is 2. The first kappa shape index (κ1) is 48.2. The third-order valence-corrected chi connectivity index (χ3v) is 10.7. The van der Waals surface area contributed by atoms with Crippen LogP contribution in [-0.4, -0.2) is 12.6 Å². The second kappa shape index (κ2) is 45.2. The van der Waals surface area contributed by atoms with Crippen molar-refractivity contribution in [2.45, 2.75) is 277 Å². The van der Waals surface area contributed by atoms with Gasteiger partial charge in [0.1, 0.15) is 0 Å². The molecular formula is C47H92O2. The Labute approximate surface area is 310 Å². The van der Waals surface area contributed by atoms with Crippen LogP contribution in [0.2, 0.25) is 0 Å². The summed E-state index contributed by atoms with van der Waals surface area (Å²) in [7, 11) is 0. The number of carbonyl (C=O) groups excluding carboxylic acids is 1. The predicted molar refractivity (Wildman–Crippen MR) is 221 cm³/mol. The van der Waals surface area contributed by atoms with Gasteiger partial charge in [0.15, 0.2) is 0 Å². The molecule has 0 aliphatic rings. The number of allylic oxidation sites excluding steroid dienone is 2. The molecule has 0 spiro atoms. The Morgan fingerprint density at radius 3 is 0.898 bits per heavy atom. The highest BCUT2D eigenvalue weighted by atomic mass is 16.5. The van der Waals surface area contributed by atoms with Gasteiger partial charge in [-0.2, -0.15) is 0 Å². The van der Waals surface area contributed by atoms with Crippen LogP contribution in [0.3, 0.4) is 0 Å². The first-order valence-corrected chi connectivity index (χ1v) is 23.1. The van der Waals surface area contributed by atoms with Crippen LogP contribution < -0.4 is 0 Å². The van der Waals surface area contributed by atoms with Crippen molar-refractivity contribution < 1.29 is 9.53 Å². The van der Waals surface area contributed by atoms with Gasteiger partial charge < -0.3 is 4.74 Å². The fourth-order valence-corrected chi connectivity index (χ4v) is 7.19. The quantitative estimate of drug-likeness (QED) is 0.0362. The average Bonchev–Trinajstić information content (AvgIpc) is 3.11. The lowest BCUT2D eigenvalue weighted by molar-refractivity contribution is -0.143. The van der Waals surface area contributed by atoms with Crippen molar-refractivity contribution in [3.63, 3.8) is 0 Å². The maximum absolute atomic E-state index is 12.0. The van der Waals surface area contributed by atoms with Crippen molar-refractivity contribution in [2.75, 3.05) is 6.61 Å². The molecule has 0 aromatic rings. The predicted octanol–water partition coefficient (Wildman–Crippen LogP) is 17.1. The molecule has 0 radical (unpaired) electrons. The smallest absolute Gasteiger partial charge is 0.305 e. The van der Waals surface area contributed by atoms with E-state index in [1.54, 1.807) is 0 Å². The first-order chi connectivity index (χ1) is 24.3. The van der Waals surface area contributed by atoms with Crippen molar-refractivity contribution in [1.29, 1.82) is 0 Å². The zero-order valence-electron chi connectivity index (χ0n) is 34.2. The number of carbonyl (C=O) groups is 1. The molecule has 0 saturated carbocycles. The molecular weight excluding hydrogens is 597 g/mol. The Kier molecular flexibility index (Phi) is 44.5. The standard InChI is InChI=1S/C47H92O2/c1-3-5-7-9-11-13-15-17-19-20-21-22-23-24-25-26-27-28-29-30-31-32-33-35-37-39-41-43-45-47(48)49-46-44-42-40-38-36-34-18-16-14-12-10-8-6-4-2/h14,16H,3-13,15,17-46H2,1-2H3/b16-14-. The highest BCUT2D eigenvalue weighted by molar-refractivity contribution is 5.69. The van der Waals surface area contributed by atoms with E-state index < -0.39 is 0 Å². The minimum absolute atomic E-state index is 0.0243. The Bertz CT molecular complexity index is 626. The van der Waals surface area contributed by atoms with Crippen LogP contribution in [0.4, 0.5) is 0 Å². The topological polar surface area (TPSA) is 26.3 Å². The van der Waals surface area contributed by atoms with Crippen LogP contribution in [0.5, 0.6) is 0 Å². The second-order valence-corrected chi connectivity index (χ2v) is 15.7. The summed E-state index contributed by atoms with van der Waals surface area (Å²) in [4.78, 5) is 12.0. The lowest BCUT2D eigenvalue weighted by Crippen LogP contribution is -2.05. The molecule has 0 unspecified atom stereocenters. The lowest BCUT2D eigenvalue weighted by Gasteiger charge is -2.06. The Balaban J connectivity index is 3.15. The van der Waals surface area contributed by atoms with E-state index in [4.69, 9.17) is 4.74 Å². The minimum atomic E-state index is 0.0243. The SMILES string of the molecule is CCCCCC/C=C\CCCCCCCCOC(=O)CCCCCCCCCCCCCCCCCCCCCCCCCCCCCC. The number of ether oxygens (including phenoxy) is 1. The maximum Gasteiger partial charge on any atom is 0.305 e. The number of esters is 1. The zero-order valence-corrected chi connectivity index (χ0v) is 34.2. The van der Waals surface area contributed by atoms with Gasteiger partial charge in [0.25, 0.3) is 0 Å². The Hall–Kier alpha value is -0.790. The third-order valence-electron chi connectivity index (χ3n) is 10.7. The van der Waals surface area contributed by atoms with Gasteiger partial charge in [-0.05, 0) is 38.5 Å². The van der Waals surface area contributed by atoms with Gasteiger partial charge in [0, 0.05) is 6.42 Å². The fraction of sp³-hybridized carbons (Fsp3) is 0.936. The van der Waals surface area contributed by atoms with E-state index in [1.807, 2.05) is 0 Å². The molecule has 0 atom stereocenters. The molecule has 2 heteroatoms. The van der Waals surface area contributed by atoms with Crippen molar-refractivity contribution >= 4 is 5.97 Å². The summed E-state index contributed by atoms with van der Waals surface area (Å²) >= 11 is 0. The molecule has 0 fully saturated rings. The molecule has 0 aliphatic carbocycles. The molecule has 0 bridgehead atoms. The number of hydrogen-bond donors (Lipinski definition) is 0. The molecule has 0 aromatic carbocycles. The monoisotopic (exact) mass is 689 g/mol. The maximum atomic E-state index is 12.0. The molecule has 49 heavy (non-hydrogen) atoms. The van der Waals surface area contributed by atoms with Gasteiger partial charge >= 0.3 is 5.97 Å². The second-order valence-electron chi connectivity index (χ2n) is 15.7. The average molecular weight is 689 g/mol. The first-order valence-electron chi connectivity index (χ1n) is 23.1. The summed E-state index contributed by atoms with van der Waals surface area (Å²) in [5, 5.41) is 0. The lowest BCUT2D eigenvalue weighted by atomic mass is 10.0. The summed E-state index contributed by atoms with van der Waals surface area (Å²) in [5.41, 5.74) is 0. The van der Waals surface area contributed by atoms with E-state index in [-0.39, 0.29) is 5.97 Å².